The van der Waals surface area contributed by atoms with Gasteiger partial charge in [-0.05, 0) is 60.3 Å². The van der Waals surface area contributed by atoms with Gasteiger partial charge in [0.2, 0.25) is 0 Å². The van der Waals surface area contributed by atoms with Gasteiger partial charge >= 0.3 is 0 Å². The lowest BCUT2D eigenvalue weighted by Crippen LogP contribution is -2.25. The monoisotopic (exact) mass is 506 g/mol. The van der Waals surface area contributed by atoms with E-state index in [9.17, 15) is 4.79 Å². The molecule has 0 fully saturated rings. The summed E-state index contributed by atoms with van der Waals surface area (Å²) in [7, 11) is 1.60. The van der Waals surface area contributed by atoms with Crippen molar-refractivity contribution < 1.29 is 9.13 Å². The van der Waals surface area contributed by atoms with Crippen LogP contribution in [0.25, 0.3) is 38.8 Å². The van der Waals surface area contributed by atoms with Crippen LogP contribution in [0.5, 0.6) is 5.75 Å². The van der Waals surface area contributed by atoms with Crippen LogP contribution in [0.1, 0.15) is 11.3 Å². The molecule has 0 amide bonds. The molecule has 3 heterocycles. The Morgan fingerprint density at radius 2 is 1.76 bits per heavy atom. The van der Waals surface area contributed by atoms with E-state index < -0.39 is 5.82 Å². The third-order valence-corrected chi connectivity index (χ3v) is 6.66. The molecule has 0 atom stereocenters. The van der Waals surface area contributed by atoms with E-state index in [1.165, 1.54) is 17.0 Å². The fourth-order valence-corrected chi connectivity index (χ4v) is 4.85. The molecule has 0 aliphatic heterocycles. The maximum absolute atomic E-state index is 15.0. The van der Waals surface area contributed by atoms with E-state index in [1.54, 1.807) is 30.0 Å². The minimum Gasteiger partial charge on any atom is -0.497 e. The highest BCUT2D eigenvalue weighted by atomic mass is 19.1. The lowest BCUT2D eigenvalue weighted by Gasteiger charge is -2.16. The summed E-state index contributed by atoms with van der Waals surface area (Å²) in [5.74, 6) is 0.495. The average Bonchev–Trinajstić information content (AvgIpc) is 3.29. The lowest BCUT2D eigenvalue weighted by atomic mass is 10.1. The van der Waals surface area contributed by atoms with Crippen molar-refractivity contribution in [2.75, 3.05) is 12.8 Å². The van der Waals surface area contributed by atoms with Gasteiger partial charge in [-0.3, -0.25) is 9.36 Å². The summed E-state index contributed by atoms with van der Waals surface area (Å²) in [4.78, 5) is 22.5. The number of methoxy groups -OCH3 is 1. The van der Waals surface area contributed by atoms with Crippen molar-refractivity contribution in [1.82, 2.24) is 24.3 Å². The molecule has 0 radical (unpaired) electrons. The second-order valence-corrected chi connectivity index (χ2v) is 8.96. The van der Waals surface area contributed by atoms with Crippen molar-refractivity contribution >= 4 is 27.6 Å². The molecule has 0 bridgehead atoms. The zero-order valence-corrected chi connectivity index (χ0v) is 20.7. The number of aryl methyl sites for hydroxylation is 1. The van der Waals surface area contributed by atoms with Crippen LogP contribution in [-0.2, 0) is 6.54 Å². The number of nitrogens with zero attached hydrogens (tertiary/aromatic N) is 5. The van der Waals surface area contributed by atoms with E-state index >= 15 is 4.39 Å². The molecule has 3 aromatic heterocycles. The van der Waals surface area contributed by atoms with E-state index in [4.69, 9.17) is 15.6 Å². The molecule has 2 N–H and O–H groups in total. The maximum Gasteiger partial charge on any atom is 0.263 e. The van der Waals surface area contributed by atoms with Gasteiger partial charge in [-0.15, -0.1) is 0 Å². The number of ether oxygens (including phenoxy) is 1. The van der Waals surface area contributed by atoms with Crippen molar-refractivity contribution in [3.8, 4) is 22.7 Å². The Kier molecular flexibility index (Phi) is 5.60. The summed E-state index contributed by atoms with van der Waals surface area (Å²) < 4.78 is 23.4. The summed E-state index contributed by atoms with van der Waals surface area (Å²) in [6.07, 6.45) is 1.38. The molecule has 3 aromatic carbocycles. The van der Waals surface area contributed by atoms with Crippen molar-refractivity contribution in [1.29, 1.82) is 0 Å². The van der Waals surface area contributed by atoms with Crippen LogP contribution in [0, 0.1) is 12.7 Å². The zero-order valence-electron chi connectivity index (χ0n) is 20.7. The van der Waals surface area contributed by atoms with E-state index in [0.29, 0.717) is 33.6 Å². The highest BCUT2D eigenvalue weighted by Crippen LogP contribution is 2.32. The first-order valence-corrected chi connectivity index (χ1v) is 12.0. The fourth-order valence-electron chi connectivity index (χ4n) is 4.85. The van der Waals surface area contributed by atoms with E-state index in [0.717, 1.165) is 16.5 Å². The minimum absolute atomic E-state index is 0.135. The third kappa shape index (κ3) is 3.76. The number of benzene rings is 3. The van der Waals surface area contributed by atoms with Crippen LogP contribution in [-0.4, -0.2) is 31.4 Å². The zero-order chi connectivity index (χ0) is 26.4. The van der Waals surface area contributed by atoms with Gasteiger partial charge in [-0.25, -0.2) is 19.0 Å². The number of halogens is 1. The van der Waals surface area contributed by atoms with Crippen LogP contribution in [0.3, 0.4) is 0 Å². The molecule has 6 aromatic rings. The van der Waals surface area contributed by atoms with Gasteiger partial charge in [-0.2, -0.15) is 5.10 Å². The number of pyridine rings is 1. The van der Waals surface area contributed by atoms with Crippen LogP contribution < -0.4 is 16.0 Å². The van der Waals surface area contributed by atoms with Gasteiger partial charge in [0.25, 0.3) is 5.56 Å². The molecule has 38 heavy (non-hydrogen) atoms. The first-order chi connectivity index (χ1) is 18.5. The number of para-hydroxylation sites is 1. The van der Waals surface area contributed by atoms with Gasteiger partial charge in [0.1, 0.15) is 29.4 Å². The normalized spacial score (nSPS) is 11.3. The van der Waals surface area contributed by atoms with Crippen molar-refractivity contribution in [3.05, 3.63) is 107 Å². The Hall–Kier alpha value is -5.05. The highest BCUT2D eigenvalue weighted by Gasteiger charge is 2.20. The Labute approximate surface area is 216 Å². The van der Waals surface area contributed by atoms with E-state index in [-0.39, 0.29) is 23.6 Å². The molecule has 8 nitrogen and oxygen atoms in total. The molecule has 0 saturated carbocycles. The molecule has 9 heteroatoms. The van der Waals surface area contributed by atoms with Crippen LogP contribution in [0.2, 0.25) is 0 Å². The molecular formula is C29H23FN6O2. The van der Waals surface area contributed by atoms with Crippen LogP contribution in [0.4, 0.5) is 10.2 Å². The summed E-state index contributed by atoms with van der Waals surface area (Å²) in [5.41, 5.74) is 9.40. The quantitative estimate of drug-likeness (QED) is 0.358. The highest BCUT2D eigenvalue weighted by molar-refractivity contribution is 5.98. The number of hydrogen-bond donors (Lipinski definition) is 1. The predicted molar refractivity (Wildman–Crippen MR) is 145 cm³/mol. The second kappa shape index (κ2) is 9.11. The largest absolute Gasteiger partial charge is 0.497 e. The number of nitrogens with two attached hydrogens (primary N) is 1. The van der Waals surface area contributed by atoms with E-state index in [2.05, 4.69) is 9.97 Å². The van der Waals surface area contributed by atoms with Crippen molar-refractivity contribution in [3.63, 3.8) is 0 Å². The number of rotatable bonds is 5. The molecule has 0 spiro atoms. The summed E-state index contributed by atoms with van der Waals surface area (Å²) in [5, 5.41) is 6.73. The number of fused-ring (bicyclic) bond motifs is 2. The number of nitrogen functional groups attached to an aromatic ring is 1. The van der Waals surface area contributed by atoms with Crippen molar-refractivity contribution in [2.45, 2.75) is 13.5 Å². The first-order valence-electron chi connectivity index (χ1n) is 12.0. The summed E-state index contributed by atoms with van der Waals surface area (Å²) >= 11 is 0. The van der Waals surface area contributed by atoms with Gasteiger partial charge < -0.3 is 10.5 Å². The lowest BCUT2D eigenvalue weighted by molar-refractivity contribution is 0.415. The van der Waals surface area contributed by atoms with Crippen LogP contribution >= 0.6 is 0 Å². The number of anilines is 1. The fraction of sp³-hybridized carbons (Fsp3) is 0.103. The molecule has 0 unspecified atom stereocenters. The summed E-state index contributed by atoms with van der Waals surface area (Å²) in [6.45, 7) is 2.01. The number of aromatic nitrogens is 5. The Morgan fingerprint density at radius 3 is 2.53 bits per heavy atom. The molecule has 0 aliphatic rings. The van der Waals surface area contributed by atoms with Gasteiger partial charge in [-0.1, -0.05) is 30.3 Å². The average molecular weight is 507 g/mol. The topological polar surface area (TPSA) is 101 Å². The molecule has 0 saturated heterocycles. The van der Waals surface area contributed by atoms with Crippen LogP contribution in [0.15, 0.2) is 83.9 Å². The smallest absolute Gasteiger partial charge is 0.263 e. The Balaban J connectivity index is 1.60. The Morgan fingerprint density at radius 1 is 0.974 bits per heavy atom. The Bertz CT molecular complexity index is 1890. The van der Waals surface area contributed by atoms with Gasteiger partial charge in [0.15, 0.2) is 5.65 Å². The first kappa shape index (κ1) is 23.4. The molecular weight excluding hydrogens is 483 g/mol. The predicted octanol–water partition coefficient (Wildman–Crippen LogP) is 4.88. The van der Waals surface area contributed by atoms with Gasteiger partial charge in [0, 0.05) is 11.3 Å². The van der Waals surface area contributed by atoms with Crippen molar-refractivity contribution in [2.24, 2.45) is 0 Å². The summed E-state index contributed by atoms with van der Waals surface area (Å²) in [6, 6.07) is 21.2. The number of hydrogen-bond acceptors (Lipinski definition) is 6. The minimum atomic E-state index is -0.500. The van der Waals surface area contributed by atoms with Gasteiger partial charge in [0.05, 0.1) is 30.1 Å². The molecule has 0 aliphatic carbocycles. The second-order valence-electron chi connectivity index (χ2n) is 8.96. The molecule has 6 rings (SSSR count). The molecule has 188 valence electrons. The SMILES string of the molecule is COc1ccc(-c2nn(Cc3cc4cccc(C)c4c(=O)n3-c3ccccc3F)c3ncnc(N)c23)cc1. The van der Waals surface area contributed by atoms with E-state index in [1.807, 2.05) is 55.5 Å². The standard InChI is InChI=1S/C29H23FN6O2/c1-17-6-5-7-19-14-20(36(29(37)24(17)19)23-9-4-3-8-22(23)30)15-35-28-25(27(31)32-16-33-28)26(34-35)18-10-12-21(38-2)13-11-18/h3-14,16H,15H2,1-2H3,(H2,31,32,33). The third-order valence-electron chi connectivity index (χ3n) is 6.66. The maximum atomic E-state index is 15.0.